The fourth-order valence-corrected chi connectivity index (χ4v) is 3.28. The van der Waals surface area contributed by atoms with Gasteiger partial charge in [-0.2, -0.15) is 0 Å². The normalized spacial score (nSPS) is 10.8. The molecule has 0 unspecified atom stereocenters. The standard InChI is InChI=1S/C24H46O4.K.H/c1-5-9-15-21(16-10-6-2)27-23(25)19-13-14-20-24(26)28-22(17-11-7-3)18-12-8-4;;/h21-22H,5-20H2,1-4H3;;/q;+1;-1. The maximum absolute atomic E-state index is 12.1. The third kappa shape index (κ3) is 20.2. The minimum atomic E-state index is -0.116. The van der Waals surface area contributed by atoms with Crippen molar-refractivity contribution >= 4 is 11.9 Å². The van der Waals surface area contributed by atoms with Crippen LogP contribution in [0.1, 0.15) is 132 Å². The molecule has 0 aromatic carbocycles. The molecular formula is C24H47KO4. The van der Waals surface area contributed by atoms with Crippen LogP contribution in [0.3, 0.4) is 0 Å². The Morgan fingerprint density at radius 1 is 0.586 bits per heavy atom. The smallest absolute Gasteiger partial charge is 1.00 e. The molecule has 0 spiro atoms. The maximum atomic E-state index is 12.1. The van der Waals surface area contributed by atoms with Gasteiger partial charge in [0.05, 0.1) is 0 Å². The summed E-state index contributed by atoms with van der Waals surface area (Å²) in [6.07, 6.45) is 15.1. The van der Waals surface area contributed by atoms with Crippen LogP contribution in [-0.2, 0) is 19.1 Å². The summed E-state index contributed by atoms with van der Waals surface area (Å²) in [6, 6.07) is 0. The Bertz CT molecular complexity index is 341. The largest absolute Gasteiger partial charge is 1.00 e. The Hall–Kier alpha value is 0.576. The second kappa shape index (κ2) is 23.2. The third-order valence-corrected chi connectivity index (χ3v) is 5.13. The molecule has 0 aromatic heterocycles. The first-order valence-corrected chi connectivity index (χ1v) is 12.0. The molecule has 0 aliphatic heterocycles. The number of rotatable bonds is 19. The molecule has 0 amide bonds. The first-order chi connectivity index (χ1) is 13.6. The predicted octanol–water partition coefficient (Wildman–Crippen LogP) is 4.25. The predicted molar refractivity (Wildman–Crippen MR) is 117 cm³/mol. The topological polar surface area (TPSA) is 52.6 Å². The Balaban J connectivity index is -0.00000364. The van der Waals surface area contributed by atoms with Crippen LogP contribution in [-0.4, -0.2) is 24.1 Å². The SMILES string of the molecule is CCCCC(CCCC)OC(=O)CCCCC(=O)OC(CCCC)CCCC.[H-].[K+]. The van der Waals surface area contributed by atoms with Gasteiger partial charge >= 0.3 is 63.3 Å². The zero-order valence-electron chi connectivity index (χ0n) is 21.1. The molecule has 0 fully saturated rings. The number of unbranched alkanes of at least 4 members (excludes halogenated alkanes) is 5. The molecule has 0 N–H and O–H groups in total. The van der Waals surface area contributed by atoms with Crippen molar-refractivity contribution in [2.45, 2.75) is 143 Å². The molecule has 0 aromatic rings. The zero-order chi connectivity index (χ0) is 21.0. The van der Waals surface area contributed by atoms with E-state index in [-0.39, 0.29) is 77.0 Å². The molecule has 0 saturated carbocycles. The van der Waals surface area contributed by atoms with E-state index < -0.39 is 0 Å². The van der Waals surface area contributed by atoms with Gasteiger partial charge in [-0.1, -0.05) is 79.1 Å². The minimum absolute atomic E-state index is 0. The molecule has 4 nitrogen and oxygen atoms in total. The van der Waals surface area contributed by atoms with E-state index in [9.17, 15) is 9.59 Å². The fourth-order valence-electron chi connectivity index (χ4n) is 3.28. The van der Waals surface area contributed by atoms with E-state index >= 15 is 0 Å². The van der Waals surface area contributed by atoms with Crippen LogP contribution in [0.25, 0.3) is 0 Å². The molecule has 0 radical (unpaired) electrons. The van der Waals surface area contributed by atoms with Crippen molar-refractivity contribution in [3.05, 3.63) is 0 Å². The average Bonchev–Trinajstić information content (AvgIpc) is 2.69. The van der Waals surface area contributed by atoms with Crippen molar-refractivity contribution in [1.82, 2.24) is 0 Å². The molecule has 0 bridgehead atoms. The summed E-state index contributed by atoms with van der Waals surface area (Å²) in [5.74, 6) is -0.233. The maximum Gasteiger partial charge on any atom is 1.00 e. The molecule has 0 aliphatic carbocycles. The summed E-state index contributed by atoms with van der Waals surface area (Å²) in [5, 5.41) is 0. The van der Waals surface area contributed by atoms with Gasteiger partial charge in [-0.25, -0.2) is 0 Å². The van der Waals surface area contributed by atoms with Gasteiger partial charge in [0, 0.05) is 12.8 Å². The number of hydrogen-bond donors (Lipinski definition) is 0. The van der Waals surface area contributed by atoms with Crippen LogP contribution in [0, 0.1) is 0 Å². The Labute approximate surface area is 224 Å². The molecule has 0 aliphatic rings. The Morgan fingerprint density at radius 2 is 0.862 bits per heavy atom. The van der Waals surface area contributed by atoms with Crippen LogP contribution in [0.2, 0.25) is 0 Å². The molecular weight excluding hydrogens is 391 g/mol. The van der Waals surface area contributed by atoms with Crippen LogP contribution in [0.15, 0.2) is 0 Å². The molecule has 0 heterocycles. The number of esters is 2. The summed E-state index contributed by atoms with van der Waals surface area (Å²) >= 11 is 0. The van der Waals surface area contributed by atoms with E-state index in [4.69, 9.17) is 9.47 Å². The summed E-state index contributed by atoms with van der Waals surface area (Å²) in [6.45, 7) is 8.64. The van der Waals surface area contributed by atoms with Crippen molar-refractivity contribution < 1.29 is 71.9 Å². The minimum Gasteiger partial charge on any atom is -1.00 e. The second-order valence-corrected chi connectivity index (χ2v) is 8.00. The van der Waals surface area contributed by atoms with Crippen molar-refractivity contribution in [2.24, 2.45) is 0 Å². The van der Waals surface area contributed by atoms with Gasteiger partial charge in [-0.15, -0.1) is 0 Å². The molecule has 29 heavy (non-hydrogen) atoms. The van der Waals surface area contributed by atoms with E-state index in [1.807, 2.05) is 0 Å². The first kappa shape index (κ1) is 31.8. The molecule has 0 saturated heterocycles. The third-order valence-electron chi connectivity index (χ3n) is 5.13. The van der Waals surface area contributed by atoms with Crippen LogP contribution >= 0.6 is 0 Å². The Morgan fingerprint density at radius 3 is 1.10 bits per heavy atom. The summed E-state index contributed by atoms with van der Waals surface area (Å²) in [7, 11) is 0. The number of carbonyl (C=O) groups excluding carboxylic acids is 2. The first-order valence-electron chi connectivity index (χ1n) is 12.0. The molecule has 5 heteroatoms. The van der Waals surface area contributed by atoms with Crippen LogP contribution in [0.4, 0.5) is 0 Å². The summed E-state index contributed by atoms with van der Waals surface area (Å²) in [4.78, 5) is 24.2. The van der Waals surface area contributed by atoms with Gasteiger partial charge < -0.3 is 10.9 Å². The van der Waals surface area contributed by atoms with Crippen LogP contribution in [0.5, 0.6) is 0 Å². The molecule has 168 valence electrons. The summed E-state index contributed by atoms with van der Waals surface area (Å²) < 4.78 is 11.3. The number of carbonyl (C=O) groups is 2. The van der Waals surface area contributed by atoms with Gasteiger partial charge in [0.1, 0.15) is 12.2 Å². The van der Waals surface area contributed by atoms with Gasteiger partial charge in [0.15, 0.2) is 0 Å². The monoisotopic (exact) mass is 438 g/mol. The van der Waals surface area contributed by atoms with Gasteiger partial charge in [0.2, 0.25) is 0 Å². The summed E-state index contributed by atoms with van der Waals surface area (Å²) in [5.41, 5.74) is 0. The quantitative estimate of drug-likeness (QED) is 0.172. The van der Waals surface area contributed by atoms with Gasteiger partial charge in [-0.3, -0.25) is 9.59 Å². The van der Waals surface area contributed by atoms with Crippen molar-refractivity contribution in [3.63, 3.8) is 0 Å². The van der Waals surface area contributed by atoms with E-state index in [1.165, 1.54) is 0 Å². The average molecular weight is 439 g/mol. The van der Waals surface area contributed by atoms with E-state index in [1.54, 1.807) is 0 Å². The molecule has 0 atom stereocenters. The Kier molecular flexibility index (Phi) is 25.5. The van der Waals surface area contributed by atoms with Gasteiger partial charge in [0.25, 0.3) is 0 Å². The molecule has 0 rings (SSSR count). The van der Waals surface area contributed by atoms with Crippen molar-refractivity contribution in [2.75, 3.05) is 0 Å². The van der Waals surface area contributed by atoms with Gasteiger partial charge in [-0.05, 0) is 38.5 Å². The van der Waals surface area contributed by atoms with E-state index in [0.29, 0.717) is 25.7 Å². The second-order valence-electron chi connectivity index (χ2n) is 8.00. The number of ether oxygens (including phenoxy) is 2. The van der Waals surface area contributed by atoms with Crippen molar-refractivity contribution in [3.8, 4) is 0 Å². The van der Waals surface area contributed by atoms with Crippen molar-refractivity contribution in [1.29, 1.82) is 0 Å². The van der Waals surface area contributed by atoms with E-state index in [0.717, 1.165) is 77.0 Å². The zero-order valence-corrected chi connectivity index (χ0v) is 23.2. The van der Waals surface area contributed by atoms with Crippen LogP contribution < -0.4 is 51.4 Å². The number of hydrogen-bond acceptors (Lipinski definition) is 4. The fraction of sp³-hybridized carbons (Fsp3) is 0.917. The van der Waals surface area contributed by atoms with E-state index in [2.05, 4.69) is 27.7 Å².